The van der Waals surface area contributed by atoms with Crippen LogP contribution in [0.2, 0.25) is 10.1 Å². The fraction of sp³-hybridized carbons (Fsp3) is 0.481. The largest absolute Gasteiger partial charge is 0.404 e. The molecule has 7 atom stereocenters. The Bertz CT molecular complexity index is 2270. The van der Waals surface area contributed by atoms with Crippen LogP contribution in [0.4, 0.5) is 0 Å². The first-order chi connectivity index (χ1) is 29.5. The van der Waals surface area contributed by atoms with Crippen molar-refractivity contribution in [3.05, 3.63) is 144 Å². The van der Waals surface area contributed by atoms with Crippen molar-refractivity contribution in [2.24, 2.45) is 23.2 Å². The maximum absolute atomic E-state index is 15.0. The Labute approximate surface area is 375 Å². The van der Waals surface area contributed by atoms with Gasteiger partial charge in [0.15, 0.2) is 9.84 Å². The van der Waals surface area contributed by atoms with E-state index in [0.717, 1.165) is 43.3 Å². The summed E-state index contributed by atoms with van der Waals surface area (Å²) in [5, 5.41) is 13.8. The molecule has 4 aliphatic rings. The quantitative estimate of drug-likeness (QED) is 0.120. The van der Waals surface area contributed by atoms with Crippen LogP contribution in [0.1, 0.15) is 100 Å². The molecule has 3 aliphatic carbocycles. The number of hydrogen-bond acceptors (Lipinski definition) is 5. The second kappa shape index (κ2) is 17.2. The van der Waals surface area contributed by atoms with Crippen LogP contribution in [0, 0.1) is 23.2 Å². The van der Waals surface area contributed by atoms with E-state index in [4.69, 9.17) is 8.85 Å². The number of fused-ring (bicyclic) bond motifs is 1. The van der Waals surface area contributed by atoms with Gasteiger partial charge >= 0.3 is 0 Å². The molecule has 330 valence electrons. The second-order valence-electron chi connectivity index (χ2n) is 21.4. The molecule has 0 spiro atoms. The van der Waals surface area contributed by atoms with Crippen LogP contribution in [-0.4, -0.2) is 60.0 Å². The smallest absolute Gasteiger partial charge is 0.261 e. The first-order valence-corrected chi connectivity index (χ1v) is 28.8. The summed E-state index contributed by atoms with van der Waals surface area (Å²) >= 11 is 0. The van der Waals surface area contributed by atoms with Crippen molar-refractivity contribution in [1.82, 2.24) is 0 Å². The predicted molar refractivity (Wildman–Crippen MR) is 261 cm³/mol. The maximum Gasteiger partial charge on any atom is 0.261 e. The lowest BCUT2D eigenvalue weighted by atomic mass is 9.61. The molecular weight excluding hydrogens is 817 g/mol. The molecule has 4 aromatic carbocycles. The highest BCUT2D eigenvalue weighted by atomic mass is 32.2. The average Bonchev–Trinajstić information content (AvgIpc) is 3.74. The molecule has 2 fully saturated rings. The van der Waals surface area contributed by atoms with Crippen molar-refractivity contribution in [3.8, 4) is 0 Å². The van der Waals surface area contributed by atoms with Gasteiger partial charge in [0.25, 0.3) is 16.6 Å². The molecular formula is C54H70O5SSi2. The topological polar surface area (TPSA) is 72.8 Å². The Kier molecular flexibility index (Phi) is 12.5. The summed E-state index contributed by atoms with van der Waals surface area (Å²) in [6, 6.07) is 43.2. The zero-order chi connectivity index (χ0) is 44.1. The summed E-state index contributed by atoms with van der Waals surface area (Å²) < 4.78 is 46.1. The Balaban J connectivity index is 1.31. The van der Waals surface area contributed by atoms with Crippen molar-refractivity contribution in [1.29, 1.82) is 0 Å². The van der Waals surface area contributed by atoms with E-state index in [2.05, 4.69) is 183 Å². The minimum Gasteiger partial charge on any atom is -0.404 e. The molecule has 0 saturated heterocycles. The van der Waals surface area contributed by atoms with Gasteiger partial charge in [-0.25, -0.2) is 8.42 Å². The van der Waals surface area contributed by atoms with Crippen LogP contribution in [0.3, 0.4) is 0 Å². The van der Waals surface area contributed by atoms with Crippen molar-refractivity contribution < 1.29 is 22.4 Å². The molecule has 1 heterocycles. The third-order valence-corrected chi connectivity index (χ3v) is 27.7. The third kappa shape index (κ3) is 7.83. The number of benzene rings is 4. The average molecular weight is 887 g/mol. The number of aliphatic hydroxyl groups is 1. The van der Waals surface area contributed by atoms with E-state index in [1.54, 1.807) is 0 Å². The molecule has 1 aliphatic heterocycles. The molecule has 0 radical (unpaired) electrons. The summed E-state index contributed by atoms with van der Waals surface area (Å²) in [4.78, 5) is 0. The second-order valence-corrected chi connectivity index (χ2v) is 32.0. The Morgan fingerprint density at radius 2 is 1.19 bits per heavy atom. The molecule has 0 aromatic heterocycles. The number of rotatable bonds is 11. The molecule has 2 saturated carbocycles. The van der Waals surface area contributed by atoms with Crippen LogP contribution < -0.4 is 20.7 Å². The molecule has 0 bridgehead atoms. The van der Waals surface area contributed by atoms with Gasteiger partial charge in [-0.2, -0.15) is 0 Å². The van der Waals surface area contributed by atoms with Crippen LogP contribution >= 0.6 is 0 Å². The highest BCUT2D eigenvalue weighted by Crippen LogP contribution is 2.60. The predicted octanol–water partition coefficient (Wildman–Crippen LogP) is 9.54. The fourth-order valence-electron chi connectivity index (χ4n) is 12.9. The fourth-order valence-corrected chi connectivity index (χ4v) is 24.3. The number of aliphatic hydroxyl groups excluding tert-OH is 1. The number of hydrogen-bond donors (Lipinski definition) is 1. The van der Waals surface area contributed by atoms with Gasteiger partial charge in [-0.3, -0.25) is 0 Å². The van der Waals surface area contributed by atoms with Crippen molar-refractivity contribution in [2.75, 3.05) is 12.4 Å². The van der Waals surface area contributed by atoms with E-state index in [9.17, 15) is 5.11 Å². The van der Waals surface area contributed by atoms with E-state index < -0.39 is 37.8 Å². The Morgan fingerprint density at radius 1 is 0.726 bits per heavy atom. The summed E-state index contributed by atoms with van der Waals surface area (Å²) in [5.74, 6) is 0.995. The summed E-state index contributed by atoms with van der Waals surface area (Å²) in [5.41, 5.74) is 3.33. The van der Waals surface area contributed by atoms with Gasteiger partial charge in [0, 0.05) is 13.0 Å². The van der Waals surface area contributed by atoms with E-state index in [0.29, 0.717) is 24.7 Å². The third-order valence-electron chi connectivity index (χ3n) is 15.7. The summed E-state index contributed by atoms with van der Waals surface area (Å²) in [6.07, 6.45) is 7.84. The molecule has 62 heavy (non-hydrogen) atoms. The number of sulfone groups is 1. The lowest BCUT2D eigenvalue weighted by molar-refractivity contribution is 0.0688. The maximum atomic E-state index is 15.0. The van der Waals surface area contributed by atoms with Gasteiger partial charge in [0.1, 0.15) is 5.25 Å². The zero-order valence-electron chi connectivity index (χ0n) is 38.4. The van der Waals surface area contributed by atoms with Crippen LogP contribution in [-0.2, 0) is 18.7 Å². The molecule has 8 rings (SSSR count). The molecule has 8 heteroatoms. The first kappa shape index (κ1) is 45.2. The van der Waals surface area contributed by atoms with E-state index in [1.807, 2.05) is 0 Å². The summed E-state index contributed by atoms with van der Waals surface area (Å²) in [7, 11) is -9.76. The van der Waals surface area contributed by atoms with E-state index in [1.165, 1.54) is 26.3 Å². The Hall–Kier alpha value is -3.38. The lowest BCUT2D eigenvalue weighted by Gasteiger charge is -2.49. The SMILES string of the molecule is C[C@H](CO)[C@H]1CC[C@H]2/C(=C/C3C4=C(CS3(=O)=O)[C@@H](O[Si](c3ccccc3)(c3ccccc3)C(C)(C)C)C[C@H](O[Si](c3ccccc3)(c3ccccc3)C(C)(C)C)C4)CCC[C@]12C. The zero-order valence-corrected chi connectivity index (χ0v) is 41.3. The molecule has 0 amide bonds. The van der Waals surface area contributed by atoms with Crippen molar-refractivity contribution in [2.45, 2.75) is 128 Å². The lowest BCUT2D eigenvalue weighted by Crippen LogP contribution is -2.69. The van der Waals surface area contributed by atoms with E-state index >= 15 is 8.42 Å². The van der Waals surface area contributed by atoms with Gasteiger partial charge < -0.3 is 14.0 Å². The van der Waals surface area contributed by atoms with Crippen LogP contribution in [0.15, 0.2) is 144 Å². The van der Waals surface area contributed by atoms with Crippen molar-refractivity contribution in [3.63, 3.8) is 0 Å². The molecule has 5 nitrogen and oxygen atoms in total. The molecule has 1 unspecified atom stereocenters. The van der Waals surface area contributed by atoms with Gasteiger partial charge in [0.2, 0.25) is 0 Å². The number of allylic oxidation sites excluding steroid dienone is 1. The van der Waals surface area contributed by atoms with Gasteiger partial charge in [0.05, 0.1) is 18.0 Å². The highest BCUT2D eigenvalue weighted by Gasteiger charge is 2.57. The minimum absolute atomic E-state index is 0.0116. The minimum atomic E-state index is -3.60. The highest BCUT2D eigenvalue weighted by molar-refractivity contribution is 7.92. The van der Waals surface area contributed by atoms with Gasteiger partial charge in [-0.05, 0) is 104 Å². The van der Waals surface area contributed by atoms with Crippen molar-refractivity contribution >= 4 is 47.2 Å². The Morgan fingerprint density at radius 3 is 1.65 bits per heavy atom. The van der Waals surface area contributed by atoms with Gasteiger partial charge in [-0.1, -0.05) is 188 Å². The van der Waals surface area contributed by atoms with Crippen LogP contribution in [0.5, 0.6) is 0 Å². The molecule has 4 aromatic rings. The first-order valence-electron chi connectivity index (χ1n) is 23.3. The van der Waals surface area contributed by atoms with Gasteiger partial charge in [-0.15, -0.1) is 0 Å². The molecule has 1 N–H and O–H groups in total. The summed E-state index contributed by atoms with van der Waals surface area (Å²) in [6.45, 7) is 18.7. The monoisotopic (exact) mass is 886 g/mol. The van der Waals surface area contributed by atoms with E-state index in [-0.39, 0.29) is 39.9 Å². The standard InChI is InChI=1S/C54H70O5SSi2/c1-39(37-55)48-31-32-49-40(22-21-33-54(48,49)8)34-51-46-35-41(58-61(52(2,3)4,42-23-13-9-14-24-42)43-25-15-10-16-26-43)36-50(47(46)38-60(51,56)57)59-62(53(5,6)7,44-27-17-11-18-28-44)45-29-19-12-20-30-45/h9-20,23-30,34,39,41,48-51,55H,21-22,31-33,35-38H2,1-8H3/b40-34+/t39-,41-,48-,49+,50+,51?,54-/m1/s1. The normalized spacial score (nSPS) is 27.8. The van der Waals surface area contributed by atoms with Crippen LogP contribution in [0.25, 0.3) is 0 Å².